The van der Waals surface area contributed by atoms with Crippen LogP contribution in [0.1, 0.15) is 52.4 Å². The van der Waals surface area contributed by atoms with Gasteiger partial charge in [0.15, 0.2) is 0 Å². The second-order valence-electron chi connectivity index (χ2n) is 5.89. The summed E-state index contributed by atoms with van der Waals surface area (Å²) >= 11 is 0. The van der Waals surface area contributed by atoms with Gasteiger partial charge in [0, 0.05) is 33.0 Å². The van der Waals surface area contributed by atoms with Crippen LogP contribution in [-0.2, 0) is 19.0 Å². The van der Waals surface area contributed by atoms with Gasteiger partial charge in [0.2, 0.25) is 0 Å². The van der Waals surface area contributed by atoms with Gasteiger partial charge in [-0.1, -0.05) is 0 Å². The van der Waals surface area contributed by atoms with Gasteiger partial charge in [-0.05, 0) is 52.4 Å². The van der Waals surface area contributed by atoms with Gasteiger partial charge in [-0.3, -0.25) is 10.1 Å². The molecule has 1 fully saturated rings. The number of carbonyl (C=O) groups is 1. The summed E-state index contributed by atoms with van der Waals surface area (Å²) in [7, 11) is 1.70. The maximum atomic E-state index is 12.1. The van der Waals surface area contributed by atoms with E-state index in [1.807, 2.05) is 13.8 Å². The Labute approximate surface area is 128 Å². The number of esters is 1. The second-order valence-corrected chi connectivity index (χ2v) is 5.89. The van der Waals surface area contributed by atoms with Crippen LogP contribution in [0.5, 0.6) is 0 Å². The smallest absolute Gasteiger partial charge is 0.326 e. The summed E-state index contributed by atoms with van der Waals surface area (Å²) < 4.78 is 15.7. The molecule has 124 valence electrons. The van der Waals surface area contributed by atoms with Crippen molar-refractivity contribution in [3.8, 4) is 0 Å². The molecule has 0 saturated heterocycles. The van der Waals surface area contributed by atoms with Crippen LogP contribution >= 0.6 is 0 Å². The molecule has 1 rings (SSSR count). The van der Waals surface area contributed by atoms with Crippen LogP contribution in [0, 0.1) is 0 Å². The highest BCUT2D eigenvalue weighted by atomic mass is 16.5. The van der Waals surface area contributed by atoms with E-state index in [0.717, 1.165) is 58.3 Å². The van der Waals surface area contributed by atoms with Crippen molar-refractivity contribution >= 4 is 5.97 Å². The van der Waals surface area contributed by atoms with E-state index in [0.29, 0.717) is 12.6 Å². The molecule has 21 heavy (non-hydrogen) atoms. The van der Waals surface area contributed by atoms with Crippen molar-refractivity contribution in [2.45, 2.75) is 64.0 Å². The molecule has 1 aliphatic carbocycles. The van der Waals surface area contributed by atoms with Gasteiger partial charge in [-0.15, -0.1) is 0 Å². The fourth-order valence-corrected chi connectivity index (χ4v) is 2.29. The molecule has 0 radical (unpaired) electrons. The van der Waals surface area contributed by atoms with Crippen molar-refractivity contribution < 1.29 is 19.0 Å². The molecule has 1 atom stereocenters. The molecule has 5 nitrogen and oxygen atoms in total. The zero-order valence-corrected chi connectivity index (χ0v) is 13.8. The van der Waals surface area contributed by atoms with Crippen molar-refractivity contribution in [3.05, 3.63) is 0 Å². The first-order chi connectivity index (χ1) is 10.1. The minimum absolute atomic E-state index is 0.127. The average molecular weight is 301 g/mol. The molecule has 1 N–H and O–H groups in total. The van der Waals surface area contributed by atoms with E-state index in [1.54, 1.807) is 7.11 Å². The van der Waals surface area contributed by atoms with Crippen molar-refractivity contribution in [1.29, 1.82) is 0 Å². The Kier molecular flexibility index (Phi) is 8.88. The van der Waals surface area contributed by atoms with Gasteiger partial charge < -0.3 is 14.2 Å². The van der Waals surface area contributed by atoms with Gasteiger partial charge in [-0.2, -0.15) is 0 Å². The number of ether oxygens (including phenoxy) is 3. The van der Waals surface area contributed by atoms with Gasteiger partial charge >= 0.3 is 5.97 Å². The Morgan fingerprint density at radius 2 is 1.90 bits per heavy atom. The molecule has 0 heterocycles. The predicted octanol–water partition coefficient (Wildman–Crippen LogP) is 2.28. The van der Waals surface area contributed by atoms with Crippen LogP contribution in [0.2, 0.25) is 0 Å². The highest BCUT2D eigenvalue weighted by Crippen LogP contribution is 2.26. The molecule has 0 spiro atoms. The molecule has 0 aromatic carbocycles. The number of carbonyl (C=O) groups excluding carboxylic acids is 1. The Hall–Kier alpha value is -0.650. The van der Waals surface area contributed by atoms with E-state index >= 15 is 0 Å². The minimum Gasteiger partial charge on any atom is -0.465 e. The molecule has 0 aromatic heterocycles. The summed E-state index contributed by atoms with van der Waals surface area (Å²) in [5.74, 6) is -0.127. The fourth-order valence-electron chi connectivity index (χ4n) is 2.29. The van der Waals surface area contributed by atoms with Crippen LogP contribution in [0.4, 0.5) is 0 Å². The Bertz CT molecular complexity index is 294. The molecule has 1 unspecified atom stereocenters. The zero-order chi connectivity index (χ0) is 15.6. The summed E-state index contributed by atoms with van der Waals surface area (Å²) in [4.78, 5) is 12.1. The Balaban J connectivity index is 2.18. The van der Waals surface area contributed by atoms with E-state index in [1.165, 1.54) is 0 Å². The standard InChI is InChI=1S/C16H31NO4/c1-4-21-15(18)16(2,17-14-8-9-14)10-5-6-12-20-13-7-11-19-3/h14,17H,4-13H2,1-3H3. The fraction of sp³-hybridized carbons (Fsp3) is 0.938. The molecule has 1 saturated carbocycles. The molecular formula is C16H31NO4. The van der Waals surface area contributed by atoms with Crippen LogP contribution < -0.4 is 5.32 Å². The summed E-state index contributed by atoms with van der Waals surface area (Å²) in [6, 6.07) is 0.490. The number of rotatable bonds is 13. The van der Waals surface area contributed by atoms with Gasteiger partial charge in [0.05, 0.1) is 6.61 Å². The van der Waals surface area contributed by atoms with Crippen LogP contribution in [0.3, 0.4) is 0 Å². The average Bonchev–Trinajstić information content (AvgIpc) is 3.26. The van der Waals surface area contributed by atoms with Gasteiger partial charge in [-0.25, -0.2) is 0 Å². The molecule has 0 amide bonds. The third-order valence-corrected chi connectivity index (χ3v) is 3.68. The van der Waals surface area contributed by atoms with Gasteiger partial charge in [0.1, 0.15) is 5.54 Å². The van der Waals surface area contributed by atoms with Crippen LogP contribution in [-0.4, -0.2) is 51.1 Å². The van der Waals surface area contributed by atoms with E-state index in [4.69, 9.17) is 14.2 Å². The minimum atomic E-state index is -0.548. The van der Waals surface area contributed by atoms with E-state index < -0.39 is 5.54 Å². The second kappa shape index (κ2) is 10.1. The molecule has 5 heteroatoms. The third kappa shape index (κ3) is 7.79. The zero-order valence-electron chi connectivity index (χ0n) is 13.8. The lowest BCUT2D eigenvalue weighted by Gasteiger charge is -2.28. The van der Waals surface area contributed by atoms with Crippen molar-refractivity contribution in [3.63, 3.8) is 0 Å². The Morgan fingerprint density at radius 3 is 2.52 bits per heavy atom. The molecular weight excluding hydrogens is 270 g/mol. The number of unbranched alkanes of at least 4 members (excludes halogenated alkanes) is 1. The first-order valence-electron chi connectivity index (χ1n) is 8.14. The lowest BCUT2D eigenvalue weighted by atomic mass is 9.94. The summed E-state index contributed by atoms with van der Waals surface area (Å²) in [6.45, 7) is 6.47. The van der Waals surface area contributed by atoms with Crippen molar-refractivity contribution in [2.24, 2.45) is 0 Å². The maximum Gasteiger partial charge on any atom is 0.326 e. The molecule has 1 aliphatic rings. The SMILES string of the molecule is CCOC(=O)C(C)(CCCCOCCCOC)NC1CC1. The lowest BCUT2D eigenvalue weighted by molar-refractivity contribution is -0.151. The predicted molar refractivity (Wildman–Crippen MR) is 82.4 cm³/mol. The Morgan fingerprint density at radius 1 is 1.19 bits per heavy atom. The van der Waals surface area contributed by atoms with E-state index in [2.05, 4.69) is 5.32 Å². The summed E-state index contributed by atoms with van der Waals surface area (Å²) in [5, 5.41) is 3.44. The van der Waals surface area contributed by atoms with Gasteiger partial charge in [0.25, 0.3) is 0 Å². The van der Waals surface area contributed by atoms with Crippen LogP contribution in [0.15, 0.2) is 0 Å². The summed E-state index contributed by atoms with van der Waals surface area (Å²) in [5.41, 5.74) is -0.548. The lowest BCUT2D eigenvalue weighted by Crippen LogP contribution is -2.51. The monoisotopic (exact) mass is 301 g/mol. The molecule has 0 aliphatic heterocycles. The number of nitrogens with one attached hydrogen (secondary N) is 1. The molecule has 0 aromatic rings. The van der Waals surface area contributed by atoms with E-state index in [-0.39, 0.29) is 5.97 Å². The normalized spacial score (nSPS) is 17.5. The number of hydrogen-bond acceptors (Lipinski definition) is 5. The van der Waals surface area contributed by atoms with E-state index in [9.17, 15) is 4.79 Å². The summed E-state index contributed by atoms with van der Waals surface area (Å²) in [6.07, 6.45) is 5.98. The first-order valence-corrected chi connectivity index (χ1v) is 8.14. The molecule has 0 bridgehead atoms. The topological polar surface area (TPSA) is 56.8 Å². The third-order valence-electron chi connectivity index (χ3n) is 3.68. The van der Waals surface area contributed by atoms with Crippen molar-refractivity contribution in [2.75, 3.05) is 33.5 Å². The van der Waals surface area contributed by atoms with Crippen LogP contribution in [0.25, 0.3) is 0 Å². The highest BCUT2D eigenvalue weighted by molar-refractivity contribution is 5.80. The largest absolute Gasteiger partial charge is 0.465 e. The first kappa shape index (κ1) is 18.4. The highest BCUT2D eigenvalue weighted by Gasteiger charge is 2.38. The number of methoxy groups -OCH3 is 1. The van der Waals surface area contributed by atoms with Crippen molar-refractivity contribution in [1.82, 2.24) is 5.32 Å². The maximum absolute atomic E-state index is 12.1. The quantitative estimate of drug-likeness (QED) is 0.418. The number of hydrogen-bond donors (Lipinski definition) is 1.